The van der Waals surface area contributed by atoms with E-state index < -0.39 is 0 Å². The van der Waals surface area contributed by atoms with Crippen molar-refractivity contribution in [2.45, 2.75) is 39.0 Å². The van der Waals surface area contributed by atoms with Gasteiger partial charge in [-0.05, 0) is 60.4 Å². The number of halogens is 2. The molecule has 2 atom stereocenters. The van der Waals surface area contributed by atoms with Crippen LogP contribution < -0.4 is 15.4 Å². The molecule has 30 heavy (non-hydrogen) atoms. The SMILES string of the molecule is COc1cc(CNC(C)c2cncc(F)c2)cc(CNC(C)c2cncc(F)c2)c1. The zero-order chi connectivity index (χ0) is 21.5. The Labute approximate surface area is 175 Å². The molecule has 2 heterocycles. The molecule has 3 aromatic rings. The van der Waals surface area contributed by atoms with E-state index >= 15 is 0 Å². The first kappa shape index (κ1) is 21.8. The van der Waals surface area contributed by atoms with E-state index in [1.165, 1.54) is 24.5 Å². The zero-order valence-corrected chi connectivity index (χ0v) is 17.3. The molecule has 2 N–H and O–H groups in total. The predicted molar refractivity (Wildman–Crippen MR) is 112 cm³/mol. The number of hydrogen-bond acceptors (Lipinski definition) is 5. The number of benzene rings is 1. The van der Waals surface area contributed by atoms with Gasteiger partial charge in [-0.2, -0.15) is 0 Å². The number of hydrogen-bond donors (Lipinski definition) is 2. The van der Waals surface area contributed by atoms with Crippen molar-refractivity contribution in [2.75, 3.05) is 7.11 Å². The van der Waals surface area contributed by atoms with Gasteiger partial charge < -0.3 is 15.4 Å². The Kier molecular flexibility index (Phi) is 7.43. The summed E-state index contributed by atoms with van der Waals surface area (Å²) >= 11 is 0. The maximum atomic E-state index is 13.4. The quantitative estimate of drug-likeness (QED) is 0.543. The lowest BCUT2D eigenvalue weighted by Crippen LogP contribution is -2.20. The van der Waals surface area contributed by atoms with E-state index in [4.69, 9.17) is 4.74 Å². The average molecular weight is 412 g/mol. The fourth-order valence-electron chi connectivity index (χ4n) is 3.16. The largest absolute Gasteiger partial charge is 0.497 e. The van der Waals surface area contributed by atoms with E-state index in [2.05, 4.69) is 26.7 Å². The minimum absolute atomic E-state index is 0.0542. The van der Waals surface area contributed by atoms with Gasteiger partial charge in [-0.3, -0.25) is 9.97 Å². The lowest BCUT2D eigenvalue weighted by molar-refractivity contribution is 0.412. The molecule has 0 aliphatic carbocycles. The highest BCUT2D eigenvalue weighted by atomic mass is 19.1. The van der Waals surface area contributed by atoms with Gasteiger partial charge in [0.25, 0.3) is 0 Å². The minimum Gasteiger partial charge on any atom is -0.497 e. The van der Waals surface area contributed by atoms with E-state index in [9.17, 15) is 8.78 Å². The summed E-state index contributed by atoms with van der Waals surface area (Å²) in [6.07, 6.45) is 5.70. The summed E-state index contributed by atoms with van der Waals surface area (Å²) in [7, 11) is 1.63. The topological polar surface area (TPSA) is 59.1 Å². The molecule has 158 valence electrons. The molecule has 1 aromatic carbocycles. The molecule has 2 aromatic heterocycles. The third kappa shape index (κ3) is 6.05. The summed E-state index contributed by atoms with van der Waals surface area (Å²) < 4.78 is 32.2. The Morgan fingerprint density at radius 1 is 0.767 bits per heavy atom. The Hall–Kier alpha value is -2.90. The number of nitrogens with zero attached hydrogens (tertiary/aromatic N) is 2. The molecule has 0 radical (unpaired) electrons. The van der Waals surface area contributed by atoms with Crippen LogP contribution in [0.1, 0.15) is 48.2 Å². The molecule has 0 amide bonds. The van der Waals surface area contributed by atoms with Crippen LogP contribution in [0.2, 0.25) is 0 Å². The molecule has 5 nitrogen and oxygen atoms in total. The van der Waals surface area contributed by atoms with E-state index in [0.29, 0.717) is 13.1 Å². The van der Waals surface area contributed by atoms with Gasteiger partial charge in [0.1, 0.15) is 17.4 Å². The van der Waals surface area contributed by atoms with Gasteiger partial charge in [0.05, 0.1) is 19.5 Å². The molecule has 0 aliphatic heterocycles. The zero-order valence-electron chi connectivity index (χ0n) is 17.3. The first-order valence-corrected chi connectivity index (χ1v) is 9.79. The van der Waals surface area contributed by atoms with E-state index in [1.807, 2.05) is 26.0 Å². The number of rotatable bonds is 9. The molecule has 0 spiro atoms. The molecule has 0 bridgehead atoms. The van der Waals surface area contributed by atoms with Crippen molar-refractivity contribution in [1.82, 2.24) is 20.6 Å². The molecule has 3 rings (SSSR count). The smallest absolute Gasteiger partial charge is 0.141 e. The van der Waals surface area contributed by atoms with Crippen molar-refractivity contribution in [3.63, 3.8) is 0 Å². The van der Waals surface area contributed by atoms with Crippen LogP contribution in [0.4, 0.5) is 8.78 Å². The molecule has 7 heteroatoms. The summed E-state index contributed by atoms with van der Waals surface area (Å²) in [5, 5.41) is 6.77. The fraction of sp³-hybridized carbons (Fsp3) is 0.304. The van der Waals surface area contributed by atoms with Crippen molar-refractivity contribution in [3.8, 4) is 5.75 Å². The lowest BCUT2D eigenvalue weighted by atomic mass is 10.1. The van der Waals surface area contributed by atoms with Gasteiger partial charge in [-0.25, -0.2) is 8.78 Å². The highest BCUT2D eigenvalue weighted by Crippen LogP contribution is 2.20. The summed E-state index contributed by atoms with van der Waals surface area (Å²) in [4.78, 5) is 7.80. The molecular weight excluding hydrogens is 386 g/mol. The average Bonchev–Trinajstić information content (AvgIpc) is 2.75. The Bertz CT molecular complexity index is 909. The van der Waals surface area contributed by atoms with Crippen molar-refractivity contribution in [3.05, 3.63) is 89.0 Å². The second-order valence-electron chi connectivity index (χ2n) is 7.27. The third-order valence-corrected chi connectivity index (χ3v) is 4.94. The number of aromatic nitrogens is 2. The van der Waals surface area contributed by atoms with E-state index in [1.54, 1.807) is 19.5 Å². The monoisotopic (exact) mass is 412 g/mol. The van der Waals surface area contributed by atoms with Crippen LogP contribution in [0, 0.1) is 11.6 Å². The van der Waals surface area contributed by atoms with Gasteiger partial charge in [0.15, 0.2) is 0 Å². The Morgan fingerprint density at radius 2 is 1.23 bits per heavy atom. The third-order valence-electron chi connectivity index (χ3n) is 4.94. The predicted octanol–water partition coefficient (Wildman–Crippen LogP) is 4.47. The molecule has 0 saturated heterocycles. The van der Waals surface area contributed by atoms with Gasteiger partial charge in [0.2, 0.25) is 0 Å². The maximum Gasteiger partial charge on any atom is 0.141 e. The van der Waals surface area contributed by atoms with Crippen LogP contribution in [-0.4, -0.2) is 17.1 Å². The molecular formula is C23H26F2N4O. The minimum atomic E-state index is -0.349. The van der Waals surface area contributed by atoms with E-state index in [-0.39, 0.29) is 23.7 Å². The second-order valence-corrected chi connectivity index (χ2v) is 7.27. The van der Waals surface area contributed by atoms with Crippen LogP contribution in [-0.2, 0) is 13.1 Å². The number of pyridine rings is 2. The molecule has 0 fully saturated rings. The number of methoxy groups -OCH3 is 1. The molecule has 0 saturated carbocycles. The Balaban J connectivity index is 1.64. The van der Waals surface area contributed by atoms with Crippen molar-refractivity contribution in [1.29, 1.82) is 0 Å². The highest BCUT2D eigenvalue weighted by molar-refractivity contribution is 5.35. The van der Waals surface area contributed by atoms with E-state index in [0.717, 1.165) is 28.0 Å². The van der Waals surface area contributed by atoms with Crippen LogP contribution in [0.3, 0.4) is 0 Å². The summed E-state index contributed by atoms with van der Waals surface area (Å²) in [5.41, 5.74) is 3.67. The van der Waals surface area contributed by atoms with Crippen LogP contribution in [0.25, 0.3) is 0 Å². The lowest BCUT2D eigenvalue weighted by Gasteiger charge is -2.17. The standard InChI is InChI=1S/C23H26F2N4O/c1-15(19-7-21(24)13-26-11-19)28-9-17-4-18(6-23(5-17)30-3)10-29-16(2)20-8-22(25)14-27-12-20/h4-8,11-16,28-29H,9-10H2,1-3H3. The van der Waals surface area contributed by atoms with Crippen molar-refractivity contribution < 1.29 is 13.5 Å². The fourth-order valence-corrected chi connectivity index (χ4v) is 3.16. The van der Waals surface area contributed by atoms with Crippen molar-refractivity contribution in [2.24, 2.45) is 0 Å². The van der Waals surface area contributed by atoms with Gasteiger partial charge in [-0.1, -0.05) is 6.07 Å². The van der Waals surface area contributed by atoms with Gasteiger partial charge >= 0.3 is 0 Å². The number of ether oxygens (including phenoxy) is 1. The normalized spacial score (nSPS) is 13.1. The van der Waals surface area contributed by atoms with Crippen LogP contribution >= 0.6 is 0 Å². The van der Waals surface area contributed by atoms with Crippen molar-refractivity contribution >= 4 is 0 Å². The summed E-state index contributed by atoms with van der Waals surface area (Å²) in [5.74, 6) is 0.0586. The number of nitrogens with one attached hydrogen (secondary N) is 2. The summed E-state index contributed by atoms with van der Waals surface area (Å²) in [6.45, 7) is 5.11. The molecule has 0 aliphatic rings. The molecule has 2 unspecified atom stereocenters. The van der Waals surface area contributed by atoms with Gasteiger partial charge in [0, 0.05) is 37.6 Å². The van der Waals surface area contributed by atoms with Crippen LogP contribution in [0.15, 0.2) is 55.1 Å². The first-order chi connectivity index (χ1) is 14.4. The summed E-state index contributed by atoms with van der Waals surface area (Å²) in [6, 6.07) is 8.86. The van der Waals surface area contributed by atoms with Gasteiger partial charge in [-0.15, -0.1) is 0 Å². The Morgan fingerprint density at radius 3 is 1.63 bits per heavy atom. The second kappa shape index (κ2) is 10.2. The van der Waals surface area contributed by atoms with Crippen LogP contribution in [0.5, 0.6) is 5.75 Å². The highest BCUT2D eigenvalue weighted by Gasteiger charge is 2.10. The first-order valence-electron chi connectivity index (χ1n) is 9.79. The maximum absolute atomic E-state index is 13.4.